The van der Waals surface area contributed by atoms with Crippen molar-refractivity contribution >= 4 is 40.5 Å². The Hall–Kier alpha value is -4.75. The maximum absolute atomic E-state index is 15.0. The highest BCUT2D eigenvalue weighted by Crippen LogP contribution is 2.38. The smallest absolute Gasteiger partial charge is 0.414 e. The van der Waals surface area contributed by atoms with Gasteiger partial charge in [0.05, 0.1) is 30.8 Å². The Bertz CT molecular complexity index is 1670. The summed E-state index contributed by atoms with van der Waals surface area (Å²) in [5.41, 5.74) is -0.657. The monoisotopic (exact) mass is 583 g/mol. The number of carboxylic acid groups (broad SMARTS) is 1. The minimum Gasteiger partial charge on any atom is -0.490 e. The predicted octanol–water partition coefficient (Wildman–Crippen LogP) is 2.68. The summed E-state index contributed by atoms with van der Waals surface area (Å²) < 4.78 is 42.4. The lowest BCUT2D eigenvalue weighted by atomic mass is 10.0. The minimum atomic E-state index is -1.37. The topological polar surface area (TPSA) is 143 Å². The number of benzene rings is 1. The molecule has 2 N–H and O–H groups in total. The summed E-state index contributed by atoms with van der Waals surface area (Å²) in [6.07, 6.45) is 1.72. The van der Waals surface area contributed by atoms with Crippen molar-refractivity contribution in [3.05, 3.63) is 57.9 Å². The number of hydrogen-bond donors (Lipinski definition) is 2. The molecule has 42 heavy (non-hydrogen) atoms. The Balaban J connectivity index is 1.09. The molecule has 1 saturated carbocycles. The second-order valence-corrected chi connectivity index (χ2v) is 10.7. The largest absolute Gasteiger partial charge is 0.490 e. The standard InChI is InChI=1S/C28H27F2N5O7/c1-14(36)31-8-18-11-35(28(40)42-18)17-4-5-23(21(29)6-17)41-13-15-9-33(10-15)26-22(30)7-19-24(37)20(27(38)39)12-34(16-2-3-16)25(19)32-26/h4-7,12,15-16,18H,2-3,8-11,13H2,1H3,(H,31,36)(H,38,39). The molecule has 1 aromatic carbocycles. The number of ether oxygens (including phenoxy) is 2. The maximum atomic E-state index is 15.0. The van der Waals surface area contributed by atoms with Crippen LogP contribution in [-0.2, 0) is 9.53 Å². The lowest BCUT2D eigenvalue weighted by Crippen LogP contribution is -2.50. The number of nitrogens with zero attached hydrogens (tertiary/aromatic N) is 4. The second-order valence-electron chi connectivity index (χ2n) is 10.7. The molecule has 2 saturated heterocycles. The Kier molecular flexibility index (Phi) is 6.91. The van der Waals surface area contributed by atoms with Crippen molar-refractivity contribution in [2.75, 3.05) is 42.6 Å². The number of carboxylic acids is 1. The first-order valence-corrected chi connectivity index (χ1v) is 13.5. The maximum Gasteiger partial charge on any atom is 0.414 e. The first-order chi connectivity index (χ1) is 20.1. The van der Waals surface area contributed by atoms with Gasteiger partial charge in [0.25, 0.3) is 0 Å². The average Bonchev–Trinajstić information content (AvgIpc) is 3.69. The molecule has 0 spiro atoms. The van der Waals surface area contributed by atoms with Crippen LogP contribution in [0.15, 0.2) is 35.3 Å². The fourth-order valence-corrected chi connectivity index (χ4v) is 5.17. The van der Waals surface area contributed by atoms with Crippen molar-refractivity contribution in [1.82, 2.24) is 14.9 Å². The molecule has 2 amide bonds. The first-order valence-electron chi connectivity index (χ1n) is 13.5. The molecule has 1 unspecified atom stereocenters. The zero-order valence-electron chi connectivity index (χ0n) is 22.5. The molecule has 12 nitrogen and oxygen atoms in total. The van der Waals surface area contributed by atoms with Crippen LogP contribution in [0.2, 0.25) is 0 Å². The highest BCUT2D eigenvalue weighted by atomic mass is 19.1. The molecule has 3 aromatic rings. The number of carbonyl (C=O) groups excluding carboxylic acids is 2. The van der Waals surface area contributed by atoms with Crippen molar-refractivity contribution in [3.8, 4) is 5.75 Å². The van der Waals surface area contributed by atoms with Crippen LogP contribution < -0.4 is 25.3 Å². The summed E-state index contributed by atoms with van der Waals surface area (Å²) in [5.74, 6) is -3.01. The summed E-state index contributed by atoms with van der Waals surface area (Å²) in [4.78, 5) is 54.9. The average molecular weight is 584 g/mol. The van der Waals surface area contributed by atoms with Gasteiger partial charge in [0, 0.05) is 44.2 Å². The number of fused-ring (bicyclic) bond motifs is 1. The molecule has 4 heterocycles. The predicted molar refractivity (Wildman–Crippen MR) is 145 cm³/mol. The number of nitrogens with one attached hydrogen (secondary N) is 1. The molecular weight excluding hydrogens is 556 g/mol. The summed E-state index contributed by atoms with van der Waals surface area (Å²) in [6, 6.07) is 5.19. The van der Waals surface area contributed by atoms with E-state index in [-0.39, 0.29) is 60.2 Å². The zero-order chi connectivity index (χ0) is 29.7. The van der Waals surface area contributed by atoms with E-state index in [2.05, 4.69) is 10.3 Å². The number of anilines is 2. The Morgan fingerprint density at radius 3 is 2.57 bits per heavy atom. The number of hydrogen-bond acceptors (Lipinski definition) is 8. The molecule has 2 aliphatic heterocycles. The molecule has 14 heteroatoms. The number of aromatic carboxylic acids is 1. The van der Waals surface area contributed by atoms with Gasteiger partial charge < -0.3 is 29.4 Å². The van der Waals surface area contributed by atoms with E-state index in [0.29, 0.717) is 18.8 Å². The summed E-state index contributed by atoms with van der Waals surface area (Å²) in [5, 5.41) is 11.9. The van der Waals surface area contributed by atoms with E-state index >= 15 is 4.39 Å². The molecule has 2 aromatic heterocycles. The van der Waals surface area contributed by atoms with Gasteiger partial charge in [0.15, 0.2) is 23.2 Å². The van der Waals surface area contributed by atoms with Crippen LogP contribution in [0.4, 0.5) is 25.1 Å². The lowest BCUT2D eigenvalue weighted by Gasteiger charge is -2.40. The van der Waals surface area contributed by atoms with E-state index in [1.807, 2.05) is 0 Å². The van der Waals surface area contributed by atoms with Crippen molar-refractivity contribution in [2.24, 2.45) is 5.92 Å². The molecule has 3 aliphatic rings. The minimum absolute atomic E-state index is 0.00254. The van der Waals surface area contributed by atoms with E-state index < -0.39 is 40.8 Å². The van der Waals surface area contributed by atoms with Crippen molar-refractivity contribution in [1.29, 1.82) is 0 Å². The van der Waals surface area contributed by atoms with Gasteiger partial charge in [-0.05, 0) is 31.0 Å². The summed E-state index contributed by atoms with van der Waals surface area (Å²) in [7, 11) is 0. The van der Waals surface area contributed by atoms with Crippen LogP contribution in [0.25, 0.3) is 11.0 Å². The molecule has 1 atom stereocenters. The lowest BCUT2D eigenvalue weighted by molar-refractivity contribution is -0.119. The van der Waals surface area contributed by atoms with Crippen molar-refractivity contribution < 1.29 is 37.7 Å². The van der Waals surface area contributed by atoms with Crippen LogP contribution in [0.3, 0.4) is 0 Å². The number of aromatic nitrogens is 2. The fourth-order valence-electron chi connectivity index (χ4n) is 5.17. The molecule has 3 fully saturated rings. The number of amides is 2. The van der Waals surface area contributed by atoms with Crippen molar-refractivity contribution in [2.45, 2.75) is 31.9 Å². The molecule has 220 valence electrons. The Morgan fingerprint density at radius 2 is 1.90 bits per heavy atom. The number of pyridine rings is 2. The molecule has 0 bridgehead atoms. The first kappa shape index (κ1) is 27.4. The number of cyclic esters (lactones) is 1. The van der Waals surface area contributed by atoms with E-state index in [0.717, 1.165) is 18.9 Å². The third-order valence-corrected chi connectivity index (χ3v) is 7.52. The summed E-state index contributed by atoms with van der Waals surface area (Å²) >= 11 is 0. The van der Waals surface area contributed by atoms with E-state index in [4.69, 9.17) is 9.47 Å². The zero-order valence-corrected chi connectivity index (χ0v) is 22.5. The quantitative estimate of drug-likeness (QED) is 0.389. The Labute approximate surface area is 237 Å². The molecule has 6 rings (SSSR count). The van der Waals surface area contributed by atoms with Gasteiger partial charge in [0.1, 0.15) is 17.3 Å². The van der Waals surface area contributed by atoms with Gasteiger partial charge in [-0.15, -0.1) is 0 Å². The van der Waals surface area contributed by atoms with E-state index in [1.54, 1.807) is 9.47 Å². The highest BCUT2D eigenvalue weighted by Gasteiger charge is 2.34. The number of carbonyl (C=O) groups is 3. The van der Waals surface area contributed by atoms with Gasteiger partial charge in [-0.25, -0.2) is 23.4 Å². The van der Waals surface area contributed by atoms with E-state index in [9.17, 15) is 28.7 Å². The van der Waals surface area contributed by atoms with Gasteiger partial charge in [-0.1, -0.05) is 0 Å². The van der Waals surface area contributed by atoms with Crippen molar-refractivity contribution in [3.63, 3.8) is 0 Å². The SMILES string of the molecule is CC(=O)NCC1CN(c2ccc(OCC3CN(c4nc5c(cc4F)c(=O)c(C(=O)O)cn5C4CC4)C3)c(F)c2)C(=O)O1. The molecule has 1 aliphatic carbocycles. The molecular formula is C28H27F2N5O7. The van der Waals surface area contributed by atoms with Crippen LogP contribution in [-0.4, -0.2) is 71.5 Å². The van der Waals surface area contributed by atoms with Gasteiger partial charge in [-0.3, -0.25) is 14.5 Å². The Morgan fingerprint density at radius 1 is 1.14 bits per heavy atom. The molecule has 0 radical (unpaired) electrons. The van der Waals surface area contributed by atoms with E-state index in [1.165, 1.54) is 36.2 Å². The van der Waals surface area contributed by atoms with Crippen LogP contribution in [0.5, 0.6) is 5.75 Å². The normalized spacial score (nSPS) is 18.6. The number of halogens is 2. The number of rotatable bonds is 9. The third-order valence-electron chi connectivity index (χ3n) is 7.52. The van der Waals surface area contributed by atoms with Gasteiger partial charge in [0.2, 0.25) is 11.3 Å². The second kappa shape index (κ2) is 10.6. The van der Waals surface area contributed by atoms with Crippen LogP contribution >= 0.6 is 0 Å². The van der Waals surface area contributed by atoms with Gasteiger partial charge >= 0.3 is 12.1 Å². The fraction of sp³-hybridized carbons (Fsp3) is 0.393. The van der Waals surface area contributed by atoms with Gasteiger partial charge in [-0.2, -0.15) is 0 Å². The summed E-state index contributed by atoms with van der Waals surface area (Å²) in [6.45, 7) is 2.59. The van der Waals surface area contributed by atoms with Crippen LogP contribution in [0.1, 0.15) is 36.2 Å². The van der Waals surface area contributed by atoms with Crippen LogP contribution in [0, 0.1) is 17.6 Å². The highest BCUT2D eigenvalue weighted by molar-refractivity contribution is 5.92. The third kappa shape index (κ3) is 5.19.